The Labute approximate surface area is 232 Å². The number of carbonyl (C=O) groups excluding carboxylic acids is 3. The summed E-state index contributed by atoms with van der Waals surface area (Å²) in [4.78, 5) is 46.0. The van der Waals surface area contributed by atoms with Gasteiger partial charge in [-0.2, -0.15) is 0 Å². The molecule has 0 spiro atoms. The predicted molar refractivity (Wildman–Crippen MR) is 150 cm³/mol. The molecule has 3 amide bonds. The molecular weight excluding hydrogens is 496 g/mol. The van der Waals surface area contributed by atoms with Crippen molar-refractivity contribution in [3.63, 3.8) is 0 Å². The minimum absolute atomic E-state index is 0.0933. The summed E-state index contributed by atoms with van der Waals surface area (Å²) < 4.78 is 5.59. The normalized spacial score (nSPS) is 20.5. The third-order valence-corrected chi connectivity index (χ3v) is 7.36. The molecule has 2 fully saturated rings. The Kier molecular flexibility index (Phi) is 12.4. The van der Waals surface area contributed by atoms with Crippen molar-refractivity contribution >= 4 is 23.8 Å². The van der Waals surface area contributed by atoms with Gasteiger partial charge >= 0.3 is 0 Å². The van der Waals surface area contributed by atoms with Crippen LogP contribution in [0.3, 0.4) is 0 Å². The number of hydrogen-bond acceptors (Lipinski definition) is 6. The summed E-state index contributed by atoms with van der Waals surface area (Å²) in [7, 11) is 0. The lowest BCUT2D eigenvalue weighted by Gasteiger charge is -2.34. The summed E-state index contributed by atoms with van der Waals surface area (Å²) in [6.07, 6.45) is 10.4. The third kappa shape index (κ3) is 9.74. The first-order valence-electron chi connectivity index (χ1n) is 14.4. The van der Waals surface area contributed by atoms with E-state index in [2.05, 4.69) is 10.9 Å². The van der Waals surface area contributed by atoms with Gasteiger partial charge in [0.2, 0.25) is 11.8 Å². The van der Waals surface area contributed by atoms with E-state index in [0.29, 0.717) is 25.9 Å². The molecule has 9 heteroatoms. The maximum atomic E-state index is 13.8. The van der Waals surface area contributed by atoms with Gasteiger partial charge in [0.15, 0.2) is 6.29 Å². The Hall–Kier alpha value is -2.75. The minimum Gasteiger partial charge on any atom is -0.350 e. The van der Waals surface area contributed by atoms with Crippen LogP contribution in [0.25, 0.3) is 6.08 Å². The lowest BCUT2D eigenvalue weighted by atomic mass is 9.82. The Morgan fingerprint density at radius 1 is 1.03 bits per heavy atom. The van der Waals surface area contributed by atoms with Gasteiger partial charge in [-0.15, -0.1) is 0 Å². The highest BCUT2D eigenvalue weighted by molar-refractivity contribution is 5.90. The van der Waals surface area contributed by atoms with E-state index in [-0.39, 0.29) is 29.7 Å². The molecule has 1 aromatic rings. The molecule has 3 rings (SSSR count). The van der Waals surface area contributed by atoms with Crippen LogP contribution in [0.5, 0.6) is 0 Å². The number of amides is 3. The Balaban J connectivity index is 1.82. The standard InChI is InChI=1S/C30H46N4O5/c1-21(2)20-26(28(35)32-34(30(37)22(3)31)24-15-7-8-16-24)25(17-11-14-23-12-5-4-6-13-23)29(36)33-39-27-18-9-10-19-38-27/h4-6,11-14,21-22,24-27H,7-10,15-20,31H2,1-3H3,(H,32,35)(H,33,36)/b14-11+/t22-,25-,26+,27?/m1/s1. The SMILES string of the molecule is CC(C)C[C@H](C(=O)NN(C(=O)[C@@H](C)N)C1CCCC1)[C@@H](C/C=C/c1ccccc1)C(=O)NOC1CCCCO1. The molecule has 1 saturated carbocycles. The second-order valence-corrected chi connectivity index (χ2v) is 11.2. The van der Waals surface area contributed by atoms with E-state index in [1.807, 2.05) is 56.3 Å². The topological polar surface area (TPSA) is 123 Å². The average Bonchev–Trinajstić information content (AvgIpc) is 3.47. The zero-order chi connectivity index (χ0) is 28.2. The van der Waals surface area contributed by atoms with Gasteiger partial charge < -0.3 is 10.5 Å². The maximum absolute atomic E-state index is 13.8. The number of benzene rings is 1. The van der Waals surface area contributed by atoms with Gasteiger partial charge in [0.1, 0.15) is 0 Å². The highest BCUT2D eigenvalue weighted by Gasteiger charge is 2.37. The number of rotatable bonds is 12. The van der Waals surface area contributed by atoms with Crippen molar-refractivity contribution in [2.75, 3.05) is 6.61 Å². The van der Waals surface area contributed by atoms with E-state index in [1.165, 1.54) is 5.01 Å². The fourth-order valence-corrected chi connectivity index (χ4v) is 5.24. The van der Waals surface area contributed by atoms with Crippen LogP contribution < -0.4 is 16.6 Å². The molecule has 4 N–H and O–H groups in total. The molecule has 2 aliphatic rings. The molecule has 0 radical (unpaired) electrons. The molecule has 39 heavy (non-hydrogen) atoms. The van der Waals surface area contributed by atoms with E-state index in [9.17, 15) is 14.4 Å². The van der Waals surface area contributed by atoms with Gasteiger partial charge in [-0.05, 0) is 56.9 Å². The van der Waals surface area contributed by atoms with Gasteiger partial charge in [-0.3, -0.25) is 19.8 Å². The number of carbonyl (C=O) groups is 3. The molecule has 1 aliphatic carbocycles. The van der Waals surface area contributed by atoms with Crippen LogP contribution in [0.15, 0.2) is 36.4 Å². The number of ether oxygens (including phenoxy) is 1. The lowest BCUT2D eigenvalue weighted by molar-refractivity contribution is -0.203. The van der Waals surface area contributed by atoms with Gasteiger partial charge in [0.05, 0.1) is 23.9 Å². The molecule has 1 unspecified atom stereocenters. The zero-order valence-electron chi connectivity index (χ0n) is 23.6. The molecule has 1 aromatic carbocycles. The van der Waals surface area contributed by atoms with Crippen LogP contribution in [0.2, 0.25) is 0 Å². The van der Waals surface area contributed by atoms with Crippen LogP contribution >= 0.6 is 0 Å². The quantitative estimate of drug-likeness (QED) is 0.342. The molecule has 1 aliphatic heterocycles. The van der Waals surface area contributed by atoms with Crippen LogP contribution in [0.1, 0.15) is 84.1 Å². The number of nitrogens with zero attached hydrogens (tertiary/aromatic N) is 1. The average molecular weight is 543 g/mol. The zero-order valence-corrected chi connectivity index (χ0v) is 23.6. The van der Waals surface area contributed by atoms with Gasteiger partial charge in [-0.1, -0.05) is 69.2 Å². The summed E-state index contributed by atoms with van der Waals surface area (Å²) in [5.41, 5.74) is 12.4. The summed E-state index contributed by atoms with van der Waals surface area (Å²) in [6, 6.07) is 8.96. The first kappa shape index (κ1) is 30.8. The Bertz CT molecular complexity index is 940. The number of hydrazine groups is 1. The van der Waals surface area contributed by atoms with Gasteiger partial charge in [0.25, 0.3) is 5.91 Å². The van der Waals surface area contributed by atoms with Crippen LogP contribution in [-0.2, 0) is 24.0 Å². The molecule has 0 bridgehead atoms. The Morgan fingerprint density at radius 3 is 2.33 bits per heavy atom. The highest BCUT2D eigenvalue weighted by atomic mass is 16.8. The van der Waals surface area contributed by atoms with E-state index in [4.69, 9.17) is 15.3 Å². The van der Waals surface area contributed by atoms with E-state index in [0.717, 1.165) is 44.1 Å². The number of hydrogen-bond donors (Lipinski definition) is 3. The molecule has 1 saturated heterocycles. The fourth-order valence-electron chi connectivity index (χ4n) is 5.24. The maximum Gasteiger partial charge on any atom is 0.257 e. The van der Waals surface area contributed by atoms with Gasteiger partial charge in [-0.25, -0.2) is 15.3 Å². The third-order valence-electron chi connectivity index (χ3n) is 7.36. The fraction of sp³-hybridized carbons (Fsp3) is 0.633. The van der Waals surface area contributed by atoms with Crippen molar-refractivity contribution in [1.29, 1.82) is 0 Å². The summed E-state index contributed by atoms with van der Waals surface area (Å²) in [5, 5.41) is 1.43. The molecule has 216 valence electrons. The van der Waals surface area contributed by atoms with Crippen molar-refractivity contribution in [3.05, 3.63) is 42.0 Å². The van der Waals surface area contributed by atoms with Crippen LogP contribution in [-0.4, -0.2) is 47.7 Å². The highest BCUT2D eigenvalue weighted by Crippen LogP contribution is 2.28. The summed E-state index contributed by atoms with van der Waals surface area (Å²) >= 11 is 0. The first-order valence-corrected chi connectivity index (χ1v) is 14.4. The molecule has 1 heterocycles. The van der Waals surface area contributed by atoms with Crippen molar-refractivity contribution in [2.45, 2.75) is 96.9 Å². The molecular formula is C30H46N4O5. The molecule has 4 atom stereocenters. The lowest BCUT2D eigenvalue weighted by Crippen LogP contribution is -2.57. The van der Waals surface area contributed by atoms with Crippen LogP contribution in [0.4, 0.5) is 0 Å². The minimum atomic E-state index is -0.744. The Morgan fingerprint density at radius 2 is 1.72 bits per heavy atom. The number of nitrogens with one attached hydrogen (secondary N) is 2. The van der Waals surface area contributed by atoms with Gasteiger partial charge in [0, 0.05) is 13.0 Å². The van der Waals surface area contributed by atoms with Crippen molar-refractivity contribution in [3.8, 4) is 0 Å². The second kappa shape index (κ2) is 15.7. The molecule has 9 nitrogen and oxygen atoms in total. The number of hydroxylamine groups is 1. The van der Waals surface area contributed by atoms with E-state index in [1.54, 1.807) is 6.92 Å². The summed E-state index contributed by atoms with van der Waals surface area (Å²) in [5.74, 6) is -2.32. The largest absolute Gasteiger partial charge is 0.350 e. The number of allylic oxidation sites excluding steroid dienone is 1. The monoisotopic (exact) mass is 542 g/mol. The van der Waals surface area contributed by atoms with Crippen molar-refractivity contribution in [2.24, 2.45) is 23.5 Å². The molecule has 0 aromatic heterocycles. The first-order chi connectivity index (χ1) is 18.8. The summed E-state index contributed by atoms with van der Waals surface area (Å²) in [6.45, 7) is 6.25. The number of nitrogens with two attached hydrogens (primary N) is 1. The predicted octanol–water partition coefficient (Wildman–Crippen LogP) is 4.09. The van der Waals surface area contributed by atoms with Crippen molar-refractivity contribution in [1.82, 2.24) is 15.9 Å². The second-order valence-electron chi connectivity index (χ2n) is 11.2. The van der Waals surface area contributed by atoms with Crippen LogP contribution in [0, 0.1) is 17.8 Å². The van der Waals surface area contributed by atoms with Crippen molar-refractivity contribution < 1.29 is 24.0 Å². The smallest absolute Gasteiger partial charge is 0.257 e. The van der Waals surface area contributed by atoms with E-state index < -0.39 is 24.2 Å². The van der Waals surface area contributed by atoms with E-state index >= 15 is 0 Å².